The van der Waals surface area contributed by atoms with Gasteiger partial charge in [-0.2, -0.15) is 4.31 Å². The normalized spacial score (nSPS) is 22.8. The molecule has 0 bridgehead atoms. The fraction of sp³-hybridized carbons (Fsp3) is 0.647. The first-order valence-corrected chi connectivity index (χ1v) is 10.3. The van der Waals surface area contributed by atoms with Crippen molar-refractivity contribution in [1.82, 2.24) is 18.8 Å². The van der Waals surface area contributed by atoms with Crippen molar-refractivity contribution in [2.45, 2.75) is 37.6 Å². The van der Waals surface area contributed by atoms with E-state index < -0.39 is 10.0 Å². The quantitative estimate of drug-likeness (QED) is 0.756. The lowest BCUT2D eigenvalue weighted by molar-refractivity contribution is -0.135. The summed E-state index contributed by atoms with van der Waals surface area (Å²) in [6.07, 6.45) is 9.03. The summed E-state index contributed by atoms with van der Waals surface area (Å²) in [6, 6.07) is 0. The van der Waals surface area contributed by atoms with Crippen LogP contribution in [-0.2, 0) is 21.9 Å². The minimum absolute atomic E-state index is 0.0478. The third-order valence-electron chi connectivity index (χ3n) is 5.08. The number of carbonyl (C=O) groups is 1. The zero-order valence-corrected chi connectivity index (χ0v) is 15.7. The summed E-state index contributed by atoms with van der Waals surface area (Å²) in [5, 5.41) is 0.0877. The van der Waals surface area contributed by atoms with E-state index in [-0.39, 0.29) is 16.9 Å². The highest BCUT2D eigenvalue weighted by Gasteiger charge is 2.32. The second-order valence-corrected chi connectivity index (χ2v) is 8.69. The fourth-order valence-corrected chi connectivity index (χ4v) is 4.91. The van der Waals surface area contributed by atoms with Gasteiger partial charge in [-0.3, -0.25) is 4.79 Å². The van der Waals surface area contributed by atoms with Gasteiger partial charge in [0.15, 0.2) is 5.03 Å². The van der Waals surface area contributed by atoms with Crippen LogP contribution in [0.25, 0.3) is 0 Å². The van der Waals surface area contributed by atoms with E-state index in [1.807, 2.05) is 4.90 Å². The SMILES string of the molecule is Cc1nc(S(=O)(=O)N2CCCN(C(=O)C3CC=CCC3)CC2)cn1C. The molecule has 2 heterocycles. The van der Waals surface area contributed by atoms with E-state index >= 15 is 0 Å². The summed E-state index contributed by atoms with van der Waals surface area (Å²) >= 11 is 0. The number of amides is 1. The summed E-state index contributed by atoms with van der Waals surface area (Å²) in [4.78, 5) is 18.7. The van der Waals surface area contributed by atoms with Crippen molar-refractivity contribution in [3.05, 3.63) is 24.2 Å². The molecule has 138 valence electrons. The van der Waals surface area contributed by atoms with Gasteiger partial charge in [-0.25, -0.2) is 13.4 Å². The van der Waals surface area contributed by atoms with Crippen LogP contribution in [0.4, 0.5) is 0 Å². The molecular formula is C17H26N4O3S. The molecule has 2 aliphatic rings. The maximum atomic E-state index is 12.8. The molecule has 1 atom stereocenters. The van der Waals surface area contributed by atoms with Gasteiger partial charge in [0.1, 0.15) is 5.82 Å². The smallest absolute Gasteiger partial charge is 0.262 e. The van der Waals surface area contributed by atoms with Gasteiger partial charge in [0.05, 0.1) is 0 Å². The van der Waals surface area contributed by atoms with Crippen LogP contribution >= 0.6 is 0 Å². The summed E-state index contributed by atoms with van der Waals surface area (Å²) in [5.41, 5.74) is 0. The van der Waals surface area contributed by atoms with E-state index in [1.54, 1.807) is 24.7 Å². The van der Waals surface area contributed by atoms with Gasteiger partial charge >= 0.3 is 0 Å². The summed E-state index contributed by atoms with van der Waals surface area (Å²) in [7, 11) is -1.83. The molecule has 1 aromatic rings. The molecule has 1 aliphatic heterocycles. The van der Waals surface area contributed by atoms with E-state index in [1.165, 1.54) is 4.31 Å². The highest BCUT2D eigenvalue weighted by Crippen LogP contribution is 2.22. The van der Waals surface area contributed by atoms with Crippen molar-refractivity contribution < 1.29 is 13.2 Å². The molecule has 0 N–H and O–H groups in total. The van der Waals surface area contributed by atoms with E-state index in [0.717, 1.165) is 19.3 Å². The molecule has 3 rings (SSSR count). The first-order valence-electron chi connectivity index (χ1n) is 8.83. The van der Waals surface area contributed by atoms with Gasteiger partial charge in [-0.1, -0.05) is 12.2 Å². The lowest BCUT2D eigenvalue weighted by Gasteiger charge is -2.26. The molecule has 1 aliphatic carbocycles. The maximum Gasteiger partial charge on any atom is 0.262 e. The molecule has 0 aromatic carbocycles. The largest absolute Gasteiger partial charge is 0.341 e. The molecule has 8 heteroatoms. The van der Waals surface area contributed by atoms with Gasteiger partial charge in [0.2, 0.25) is 5.91 Å². The van der Waals surface area contributed by atoms with Crippen LogP contribution in [-0.4, -0.2) is 59.3 Å². The minimum Gasteiger partial charge on any atom is -0.341 e. The van der Waals surface area contributed by atoms with Crippen LogP contribution < -0.4 is 0 Å². The second kappa shape index (κ2) is 7.29. The van der Waals surface area contributed by atoms with Gasteiger partial charge < -0.3 is 9.47 Å². The molecule has 1 saturated heterocycles. The first-order chi connectivity index (χ1) is 11.9. The number of aryl methyl sites for hydroxylation is 2. The molecule has 0 spiro atoms. The average molecular weight is 366 g/mol. The number of carbonyl (C=O) groups excluding carboxylic acids is 1. The number of imidazole rings is 1. The van der Waals surface area contributed by atoms with Crippen molar-refractivity contribution in [3.8, 4) is 0 Å². The molecule has 7 nitrogen and oxygen atoms in total. The van der Waals surface area contributed by atoms with Crippen LogP contribution in [0.1, 0.15) is 31.5 Å². The molecule has 0 saturated carbocycles. The van der Waals surface area contributed by atoms with E-state index in [2.05, 4.69) is 17.1 Å². The van der Waals surface area contributed by atoms with Gasteiger partial charge in [0, 0.05) is 45.3 Å². The number of aromatic nitrogens is 2. The van der Waals surface area contributed by atoms with E-state index in [4.69, 9.17) is 0 Å². The maximum absolute atomic E-state index is 12.8. The molecule has 1 amide bonds. The Kier molecular flexibility index (Phi) is 5.29. The lowest BCUT2D eigenvalue weighted by Crippen LogP contribution is -2.40. The molecule has 1 aromatic heterocycles. The number of hydrogen-bond donors (Lipinski definition) is 0. The average Bonchev–Trinajstić information content (AvgIpc) is 2.82. The summed E-state index contributed by atoms with van der Waals surface area (Å²) in [6.45, 7) is 3.59. The zero-order chi connectivity index (χ0) is 18.0. The van der Waals surface area contributed by atoms with Crippen molar-refractivity contribution in [3.63, 3.8) is 0 Å². The Labute approximate surface area is 149 Å². The number of sulfonamides is 1. The Hall–Kier alpha value is -1.67. The zero-order valence-electron chi connectivity index (χ0n) is 14.9. The van der Waals surface area contributed by atoms with Crippen LogP contribution in [0, 0.1) is 12.8 Å². The monoisotopic (exact) mass is 366 g/mol. The highest BCUT2D eigenvalue weighted by atomic mass is 32.2. The van der Waals surface area contributed by atoms with Crippen LogP contribution in [0.2, 0.25) is 0 Å². The Balaban J connectivity index is 1.68. The van der Waals surface area contributed by atoms with Gasteiger partial charge in [-0.15, -0.1) is 0 Å². The number of allylic oxidation sites excluding steroid dienone is 2. The Morgan fingerprint density at radius 3 is 2.64 bits per heavy atom. The molecule has 1 unspecified atom stereocenters. The van der Waals surface area contributed by atoms with E-state index in [9.17, 15) is 13.2 Å². The molecule has 25 heavy (non-hydrogen) atoms. The predicted octanol–water partition coefficient (Wildman–Crippen LogP) is 1.31. The predicted molar refractivity (Wildman–Crippen MR) is 94.4 cm³/mol. The Morgan fingerprint density at radius 1 is 1.20 bits per heavy atom. The second-order valence-electron chi connectivity index (χ2n) is 6.80. The van der Waals surface area contributed by atoms with Gasteiger partial charge in [-0.05, 0) is 32.6 Å². The molecular weight excluding hydrogens is 340 g/mol. The highest BCUT2D eigenvalue weighted by molar-refractivity contribution is 7.89. The lowest BCUT2D eigenvalue weighted by atomic mass is 9.93. The summed E-state index contributed by atoms with van der Waals surface area (Å²) in [5.74, 6) is 0.874. The van der Waals surface area contributed by atoms with Crippen LogP contribution in [0.5, 0.6) is 0 Å². The number of nitrogens with zero attached hydrogens (tertiary/aromatic N) is 4. The first kappa shape index (κ1) is 18.1. The topological polar surface area (TPSA) is 75.5 Å². The third kappa shape index (κ3) is 3.79. The van der Waals surface area contributed by atoms with E-state index in [0.29, 0.717) is 38.4 Å². The van der Waals surface area contributed by atoms with Crippen LogP contribution in [0.15, 0.2) is 23.4 Å². The van der Waals surface area contributed by atoms with Crippen molar-refractivity contribution >= 4 is 15.9 Å². The minimum atomic E-state index is -3.61. The van der Waals surface area contributed by atoms with Crippen molar-refractivity contribution in [1.29, 1.82) is 0 Å². The Morgan fingerprint density at radius 2 is 2.00 bits per heavy atom. The van der Waals surface area contributed by atoms with Crippen LogP contribution in [0.3, 0.4) is 0 Å². The molecule has 0 radical (unpaired) electrons. The fourth-order valence-electron chi connectivity index (χ4n) is 3.41. The number of hydrogen-bond acceptors (Lipinski definition) is 4. The van der Waals surface area contributed by atoms with Crippen molar-refractivity contribution in [2.75, 3.05) is 26.2 Å². The summed E-state index contributed by atoms with van der Waals surface area (Å²) < 4.78 is 28.8. The van der Waals surface area contributed by atoms with Gasteiger partial charge in [0.25, 0.3) is 10.0 Å². The third-order valence-corrected chi connectivity index (χ3v) is 6.85. The molecule has 1 fully saturated rings. The van der Waals surface area contributed by atoms with Crippen molar-refractivity contribution in [2.24, 2.45) is 13.0 Å². The Bertz CT molecular complexity index is 749. The number of rotatable bonds is 3. The standard InChI is InChI=1S/C17H26N4O3S/c1-14-18-16(13-19(14)2)25(23,24)21-10-6-9-20(11-12-21)17(22)15-7-4-3-5-8-15/h3-4,13,15H,5-12H2,1-2H3.